The van der Waals surface area contributed by atoms with E-state index in [4.69, 9.17) is 0 Å². The first-order valence-electron chi connectivity index (χ1n) is 7.55. The molecule has 2 rings (SSSR count). The smallest absolute Gasteiger partial charge is 0.190 e. The zero-order chi connectivity index (χ0) is 15.5. The second kappa shape index (κ2) is 11.8. The van der Waals surface area contributed by atoms with Crippen molar-refractivity contribution in [3.05, 3.63) is 42.7 Å². The van der Waals surface area contributed by atoms with Crippen molar-refractivity contribution in [2.24, 2.45) is 4.99 Å². The maximum Gasteiger partial charge on any atom is 0.190 e. The molecule has 0 aliphatic carbocycles. The number of halogens is 1. The molecule has 0 amide bonds. The van der Waals surface area contributed by atoms with Crippen molar-refractivity contribution in [3.63, 3.8) is 0 Å². The highest BCUT2D eigenvalue weighted by molar-refractivity contribution is 14.0. The zero-order valence-corrected chi connectivity index (χ0v) is 15.7. The molecule has 2 N–H and O–H groups in total. The Balaban J connectivity index is 0.00000264. The predicted molar refractivity (Wildman–Crippen MR) is 102 cm³/mol. The van der Waals surface area contributed by atoms with E-state index in [-0.39, 0.29) is 24.0 Å². The SMILES string of the molecule is CN=C(NCCCCn1cnnc1)NCCc1ccccn1.I. The van der Waals surface area contributed by atoms with Gasteiger partial charge in [0.15, 0.2) is 5.96 Å². The minimum Gasteiger partial charge on any atom is -0.356 e. The van der Waals surface area contributed by atoms with Crippen molar-refractivity contribution < 1.29 is 0 Å². The molecule has 8 heteroatoms. The van der Waals surface area contributed by atoms with Crippen molar-refractivity contribution in [2.45, 2.75) is 25.8 Å². The Labute approximate surface area is 154 Å². The minimum atomic E-state index is 0. The second-order valence-corrected chi connectivity index (χ2v) is 4.90. The third kappa shape index (κ3) is 7.91. The summed E-state index contributed by atoms with van der Waals surface area (Å²) in [6, 6.07) is 5.96. The lowest BCUT2D eigenvalue weighted by atomic mass is 10.3. The Bertz CT molecular complexity index is 542. The fourth-order valence-corrected chi connectivity index (χ4v) is 2.04. The highest BCUT2D eigenvalue weighted by Gasteiger charge is 1.98. The molecule has 0 aliphatic heterocycles. The summed E-state index contributed by atoms with van der Waals surface area (Å²) in [4.78, 5) is 8.52. The van der Waals surface area contributed by atoms with Gasteiger partial charge in [-0.25, -0.2) is 0 Å². The largest absolute Gasteiger partial charge is 0.356 e. The van der Waals surface area contributed by atoms with E-state index in [2.05, 4.69) is 30.8 Å². The summed E-state index contributed by atoms with van der Waals surface area (Å²) >= 11 is 0. The molecule has 0 bridgehead atoms. The van der Waals surface area contributed by atoms with Crippen molar-refractivity contribution in [3.8, 4) is 0 Å². The van der Waals surface area contributed by atoms with Crippen LogP contribution in [0.25, 0.3) is 0 Å². The Hall–Kier alpha value is -1.71. The fraction of sp³-hybridized carbons (Fsp3) is 0.467. The zero-order valence-electron chi connectivity index (χ0n) is 13.4. The molecule has 0 saturated carbocycles. The number of pyridine rings is 1. The number of guanidine groups is 1. The lowest BCUT2D eigenvalue weighted by Gasteiger charge is -2.11. The molecule has 0 aromatic carbocycles. The molecule has 2 aromatic heterocycles. The molecule has 0 fully saturated rings. The van der Waals surface area contributed by atoms with Crippen molar-refractivity contribution in [2.75, 3.05) is 20.1 Å². The van der Waals surface area contributed by atoms with Gasteiger partial charge in [-0.1, -0.05) is 6.07 Å². The summed E-state index contributed by atoms with van der Waals surface area (Å²) < 4.78 is 1.99. The molecule has 0 spiro atoms. The van der Waals surface area contributed by atoms with Crippen LogP contribution in [0.15, 0.2) is 42.0 Å². The molecule has 0 radical (unpaired) electrons. The van der Waals surface area contributed by atoms with Gasteiger partial charge in [0.2, 0.25) is 0 Å². The number of rotatable bonds is 8. The minimum absolute atomic E-state index is 0. The summed E-state index contributed by atoms with van der Waals surface area (Å²) in [5.41, 5.74) is 1.08. The van der Waals surface area contributed by atoms with Gasteiger partial charge in [-0.15, -0.1) is 34.2 Å². The number of aliphatic imine (C=N–C) groups is 1. The molecule has 0 atom stereocenters. The second-order valence-electron chi connectivity index (χ2n) is 4.90. The van der Waals surface area contributed by atoms with Crippen LogP contribution in [-0.4, -0.2) is 45.8 Å². The van der Waals surface area contributed by atoms with Crippen LogP contribution in [0, 0.1) is 0 Å². The predicted octanol–water partition coefficient (Wildman–Crippen LogP) is 1.48. The summed E-state index contributed by atoms with van der Waals surface area (Å²) in [6.07, 6.45) is 8.33. The van der Waals surface area contributed by atoms with Crippen LogP contribution in [0.2, 0.25) is 0 Å². The standard InChI is InChI=1S/C15H23N7.HI/c1-16-15(19-10-7-14-6-2-3-8-17-14)18-9-4-5-11-22-12-20-21-13-22;/h2-3,6,8,12-13H,4-5,7,9-11H2,1H3,(H2,16,18,19);1H. The summed E-state index contributed by atoms with van der Waals surface area (Å²) in [5, 5.41) is 14.2. The Morgan fingerprint density at radius 1 is 1.13 bits per heavy atom. The van der Waals surface area contributed by atoms with Gasteiger partial charge in [-0.3, -0.25) is 9.98 Å². The normalized spacial score (nSPS) is 10.9. The van der Waals surface area contributed by atoms with Crippen LogP contribution in [0.3, 0.4) is 0 Å². The van der Waals surface area contributed by atoms with Gasteiger partial charge in [0, 0.05) is 45.0 Å². The molecule has 0 unspecified atom stereocenters. The molecule has 23 heavy (non-hydrogen) atoms. The van der Waals surface area contributed by atoms with Crippen LogP contribution in [0.4, 0.5) is 0 Å². The van der Waals surface area contributed by atoms with Crippen LogP contribution in [0.5, 0.6) is 0 Å². The van der Waals surface area contributed by atoms with Gasteiger partial charge in [-0.2, -0.15) is 0 Å². The van der Waals surface area contributed by atoms with Crippen molar-refractivity contribution >= 4 is 29.9 Å². The monoisotopic (exact) mass is 429 g/mol. The summed E-state index contributed by atoms with van der Waals surface area (Å²) in [6.45, 7) is 2.66. The number of nitrogens with one attached hydrogen (secondary N) is 2. The molecule has 2 aromatic rings. The van der Waals surface area contributed by atoms with Crippen LogP contribution in [0.1, 0.15) is 18.5 Å². The number of hydrogen-bond donors (Lipinski definition) is 2. The Morgan fingerprint density at radius 3 is 2.61 bits per heavy atom. The topological polar surface area (TPSA) is 80.0 Å². The van der Waals surface area contributed by atoms with Gasteiger partial charge in [0.25, 0.3) is 0 Å². The third-order valence-corrected chi connectivity index (χ3v) is 3.23. The van der Waals surface area contributed by atoms with E-state index >= 15 is 0 Å². The van der Waals surface area contributed by atoms with Gasteiger partial charge >= 0.3 is 0 Å². The molecule has 7 nitrogen and oxygen atoms in total. The Morgan fingerprint density at radius 2 is 1.91 bits per heavy atom. The number of aromatic nitrogens is 4. The lowest BCUT2D eigenvalue weighted by Crippen LogP contribution is -2.38. The molecule has 0 saturated heterocycles. The van der Waals surface area contributed by atoms with E-state index in [9.17, 15) is 0 Å². The third-order valence-electron chi connectivity index (χ3n) is 3.23. The first-order valence-corrected chi connectivity index (χ1v) is 7.55. The van der Waals surface area contributed by atoms with E-state index < -0.39 is 0 Å². The van der Waals surface area contributed by atoms with Crippen LogP contribution >= 0.6 is 24.0 Å². The summed E-state index contributed by atoms with van der Waals surface area (Å²) in [7, 11) is 1.78. The quantitative estimate of drug-likeness (QED) is 0.288. The first kappa shape index (κ1) is 19.3. The van der Waals surface area contributed by atoms with Gasteiger partial charge in [0.1, 0.15) is 12.7 Å². The van der Waals surface area contributed by atoms with E-state index in [1.165, 1.54) is 0 Å². The van der Waals surface area contributed by atoms with Crippen molar-refractivity contribution in [1.29, 1.82) is 0 Å². The molecule has 0 aliphatic rings. The number of aryl methyl sites for hydroxylation is 1. The number of nitrogens with zero attached hydrogens (tertiary/aromatic N) is 5. The van der Waals surface area contributed by atoms with Crippen LogP contribution < -0.4 is 10.6 Å². The Kier molecular flexibility index (Phi) is 9.92. The van der Waals surface area contributed by atoms with E-state index in [1.807, 2.05) is 29.0 Å². The molecular formula is C15H24IN7. The van der Waals surface area contributed by atoms with Gasteiger partial charge in [0.05, 0.1) is 0 Å². The fourth-order valence-electron chi connectivity index (χ4n) is 2.04. The first-order chi connectivity index (χ1) is 10.9. The number of unbranched alkanes of at least 4 members (excludes halogenated alkanes) is 1. The number of hydrogen-bond acceptors (Lipinski definition) is 4. The van der Waals surface area contributed by atoms with E-state index in [0.717, 1.165) is 50.6 Å². The average molecular weight is 429 g/mol. The maximum atomic E-state index is 4.30. The highest BCUT2D eigenvalue weighted by Crippen LogP contribution is 1.94. The molecule has 2 heterocycles. The van der Waals surface area contributed by atoms with Gasteiger partial charge in [-0.05, 0) is 25.0 Å². The van der Waals surface area contributed by atoms with E-state index in [1.54, 1.807) is 19.7 Å². The maximum absolute atomic E-state index is 4.30. The van der Waals surface area contributed by atoms with Gasteiger partial charge < -0.3 is 15.2 Å². The van der Waals surface area contributed by atoms with Crippen molar-refractivity contribution in [1.82, 2.24) is 30.4 Å². The highest BCUT2D eigenvalue weighted by atomic mass is 127. The van der Waals surface area contributed by atoms with Crippen LogP contribution in [-0.2, 0) is 13.0 Å². The molecule has 126 valence electrons. The lowest BCUT2D eigenvalue weighted by molar-refractivity contribution is 0.597. The summed E-state index contributed by atoms with van der Waals surface area (Å²) in [5.74, 6) is 0.834. The van der Waals surface area contributed by atoms with E-state index in [0.29, 0.717) is 0 Å². The molecular weight excluding hydrogens is 405 g/mol. The average Bonchev–Trinajstić information content (AvgIpc) is 3.07.